The van der Waals surface area contributed by atoms with E-state index in [9.17, 15) is 9.59 Å². The lowest BCUT2D eigenvalue weighted by atomic mass is 10.2. The molecule has 0 unspecified atom stereocenters. The van der Waals surface area contributed by atoms with Gasteiger partial charge in [0.2, 0.25) is 5.91 Å². The zero-order valence-electron chi connectivity index (χ0n) is 12.5. The molecule has 0 spiro atoms. The maximum Gasteiger partial charge on any atom is 0.254 e. The number of halogens is 1. The van der Waals surface area contributed by atoms with Crippen molar-refractivity contribution in [2.24, 2.45) is 0 Å². The second-order valence-corrected chi connectivity index (χ2v) is 5.57. The fraction of sp³-hybridized carbons (Fsp3) is 0.267. The highest BCUT2D eigenvalue weighted by Gasteiger charge is 2.19. The molecule has 0 bridgehead atoms. The average molecular weight is 382 g/mol. The number of anilines is 1. The number of ether oxygens (including phenoxy) is 1. The smallest absolute Gasteiger partial charge is 0.254 e. The minimum absolute atomic E-state index is 0.106. The molecule has 0 atom stereocenters. The van der Waals surface area contributed by atoms with Crippen molar-refractivity contribution in [2.75, 3.05) is 32.1 Å². The van der Waals surface area contributed by atoms with E-state index in [1.54, 1.807) is 24.3 Å². The van der Waals surface area contributed by atoms with Crippen LogP contribution in [-0.2, 0) is 9.53 Å². The normalized spacial score (nSPS) is 10.3. The number of nitrogens with zero attached hydrogens (tertiary/aromatic N) is 2. The quantitative estimate of drug-likeness (QED) is 0.794. The Balaban J connectivity index is 2.04. The third kappa shape index (κ3) is 5.19. The summed E-state index contributed by atoms with van der Waals surface area (Å²) in [5.41, 5.74) is 0.499. The molecule has 1 aromatic carbocycles. The number of hydrogen-bond donors (Lipinski definition) is 1. The van der Waals surface area contributed by atoms with Crippen LogP contribution in [0.4, 0.5) is 5.82 Å². The first-order chi connectivity index (χ1) is 11.1. The minimum Gasteiger partial charge on any atom is -0.383 e. The topological polar surface area (TPSA) is 84.7 Å². The van der Waals surface area contributed by atoms with E-state index in [2.05, 4.69) is 30.9 Å². The molecule has 0 saturated heterocycles. The molecule has 2 rings (SSSR count). The summed E-state index contributed by atoms with van der Waals surface area (Å²) in [7, 11) is 1.54. The van der Waals surface area contributed by atoms with Crippen molar-refractivity contribution >= 4 is 33.6 Å². The van der Waals surface area contributed by atoms with Crippen LogP contribution in [0.2, 0.25) is 0 Å². The summed E-state index contributed by atoms with van der Waals surface area (Å²) in [6.07, 6.45) is 1.35. The van der Waals surface area contributed by atoms with Gasteiger partial charge in [0, 0.05) is 29.8 Å². The van der Waals surface area contributed by atoms with Crippen molar-refractivity contribution in [2.45, 2.75) is 0 Å². The molecule has 1 N–H and O–H groups in total. The maximum absolute atomic E-state index is 12.5. The van der Waals surface area contributed by atoms with Crippen LogP contribution in [0.1, 0.15) is 10.4 Å². The van der Waals surface area contributed by atoms with Crippen LogP contribution in [0.5, 0.6) is 0 Å². The molecule has 2 amide bonds. The van der Waals surface area contributed by atoms with Gasteiger partial charge in [-0.2, -0.15) is 0 Å². The Morgan fingerprint density at radius 1 is 1.30 bits per heavy atom. The molecule has 0 radical (unpaired) electrons. The summed E-state index contributed by atoms with van der Waals surface area (Å²) >= 11 is 3.32. The summed E-state index contributed by atoms with van der Waals surface area (Å²) in [6, 6.07) is 8.46. The van der Waals surface area contributed by atoms with E-state index in [0.29, 0.717) is 24.5 Å². The van der Waals surface area contributed by atoms with Crippen LogP contribution in [0.15, 0.2) is 45.6 Å². The first kappa shape index (κ1) is 17.2. The van der Waals surface area contributed by atoms with Crippen molar-refractivity contribution in [1.82, 2.24) is 10.1 Å². The molecule has 0 saturated carbocycles. The summed E-state index contributed by atoms with van der Waals surface area (Å²) in [4.78, 5) is 26.0. The Morgan fingerprint density at radius 3 is 2.65 bits per heavy atom. The molecule has 7 nitrogen and oxygen atoms in total. The highest BCUT2D eigenvalue weighted by atomic mass is 79.9. The average Bonchev–Trinajstić information content (AvgIpc) is 3.04. The van der Waals surface area contributed by atoms with Gasteiger partial charge in [-0.05, 0) is 24.3 Å². The molecule has 8 heteroatoms. The lowest BCUT2D eigenvalue weighted by Crippen LogP contribution is -2.40. The summed E-state index contributed by atoms with van der Waals surface area (Å²) in [5, 5.41) is 6.16. The van der Waals surface area contributed by atoms with E-state index < -0.39 is 0 Å². The predicted octanol–water partition coefficient (Wildman–Crippen LogP) is 2.16. The number of carbonyl (C=O) groups is 2. The van der Waals surface area contributed by atoms with Crippen molar-refractivity contribution < 1.29 is 18.8 Å². The fourth-order valence-electron chi connectivity index (χ4n) is 1.86. The molecule has 1 heterocycles. The largest absolute Gasteiger partial charge is 0.383 e. The first-order valence-corrected chi connectivity index (χ1v) is 7.63. The highest BCUT2D eigenvalue weighted by Crippen LogP contribution is 2.12. The van der Waals surface area contributed by atoms with E-state index in [1.807, 2.05) is 0 Å². The van der Waals surface area contributed by atoms with Crippen LogP contribution in [0.25, 0.3) is 0 Å². The van der Waals surface area contributed by atoms with Gasteiger partial charge in [-0.25, -0.2) is 0 Å². The number of benzene rings is 1. The number of carbonyl (C=O) groups excluding carboxylic acids is 2. The molecule has 2 aromatic rings. The van der Waals surface area contributed by atoms with E-state index in [0.717, 1.165) is 4.47 Å². The number of amides is 2. The second kappa shape index (κ2) is 8.44. The van der Waals surface area contributed by atoms with Crippen LogP contribution in [-0.4, -0.2) is 48.7 Å². The van der Waals surface area contributed by atoms with Gasteiger partial charge < -0.3 is 19.5 Å². The monoisotopic (exact) mass is 381 g/mol. The Kier molecular flexibility index (Phi) is 6.30. The zero-order chi connectivity index (χ0) is 16.7. The minimum atomic E-state index is -0.361. The van der Waals surface area contributed by atoms with Gasteiger partial charge in [-0.1, -0.05) is 21.1 Å². The Hall–Kier alpha value is -2.19. The molecular formula is C15H16BrN3O4. The van der Waals surface area contributed by atoms with Gasteiger partial charge in [-0.15, -0.1) is 0 Å². The number of rotatable bonds is 7. The third-order valence-electron chi connectivity index (χ3n) is 2.98. The van der Waals surface area contributed by atoms with E-state index >= 15 is 0 Å². The predicted molar refractivity (Wildman–Crippen MR) is 87.1 cm³/mol. The van der Waals surface area contributed by atoms with Crippen molar-refractivity contribution in [3.05, 3.63) is 46.6 Å². The van der Waals surface area contributed by atoms with Crippen LogP contribution in [0, 0.1) is 0 Å². The molecule has 0 fully saturated rings. The molecule has 23 heavy (non-hydrogen) atoms. The van der Waals surface area contributed by atoms with Gasteiger partial charge in [0.1, 0.15) is 12.8 Å². The highest BCUT2D eigenvalue weighted by molar-refractivity contribution is 9.10. The molecular weight excluding hydrogens is 366 g/mol. The van der Waals surface area contributed by atoms with Gasteiger partial charge in [-0.3, -0.25) is 9.59 Å². The third-order valence-corrected chi connectivity index (χ3v) is 3.51. The van der Waals surface area contributed by atoms with Gasteiger partial charge in [0.25, 0.3) is 5.91 Å². The lowest BCUT2D eigenvalue weighted by molar-refractivity contribution is -0.117. The first-order valence-electron chi connectivity index (χ1n) is 6.84. The SMILES string of the molecule is COCCN(CC(=O)Nc1ccon1)C(=O)c1ccc(Br)cc1. The molecule has 0 aliphatic carbocycles. The number of nitrogens with one attached hydrogen (secondary N) is 1. The van der Waals surface area contributed by atoms with Gasteiger partial charge >= 0.3 is 0 Å². The molecule has 0 aliphatic heterocycles. The summed E-state index contributed by atoms with van der Waals surface area (Å²) in [5.74, 6) is -0.303. The van der Waals surface area contributed by atoms with Crippen molar-refractivity contribution in [3.63, 3.8) is 0 Å². The Bertz CT molecular complexity index is 643. The zero-order valence-corrected chi connectivity index (χ0v) is 14.1. The molecule has 0 aliphatic rings. The fourth-order valence-corrected chi connectivity index (χ4v) is 2.13. The van der Waals surface area contributed by atoms with E-state index in [-0.39, 0.29) is 18.4 Å². The standard InChI is InChI=1S/C15H16BrN3O4/c1-22-9-7-19(10-14(20)17-13-6-8-23-18-13)15(21)11-2-4-12(16)5-3-11/h2-6,8H,7,9-10H2,1H3,(H,17,18,20). The second-order valence-electron chi connectivity index (χ2n) is 4.66. The number of aromatic nitrogens is 1. The molecule has 1 aromatic heterocycles. The number of methoxy groups -OCH3 is 1. The molecule has 122 valence electrons. The van der Waals surface area contributed by atoms with Crippen molar-refractivity contribution in [3.8, 4) is 0 Å². The summed E-state index contributed by atoms with van der Waals surface area (Å²) in [6.45, 7) is 0.530. The van der Waals surface area contributed by atoms with Gasteiger partial charge in [0.15, 0.2) is 5.82 Å². The number of hydrogen-bond acceptors (Lipinski definition) is 5. The lowest BCUT2D eigenvalue weighted by Gasteiger charge is -2.21. The van der Waals surface area contributed by atoms with Gasteiger partial charge in [0.05, 0.1) is 6.61 Å². The maximum atomic E-state index is 12.5. The Labute approximate surface area is 141 Å². The summed E-state index contributed by atoms with van der Waals surface area (Å²) < 4.78 is 10.5. The van der Waals surface area contributed by atoms with Crippen LogP contribution < -0.4 is 5.32 Å². The van der Waals surface area contributed by atoms with Crippen LogP contribution >= 0.6 is 15.9 Å². The van der Waals surface area contributed by atoms with E-state index in [1.165, 1.54) is 24.3 Å². The van der Waals surface area contributed by atoms with Crippen LogP contribution in [0.3, 0.4) is 0 Å². The Morgan fingerprint density at radius 2 is 2.04 bits per heavy atom. The van der Waals surface area contributed by atoms with E-state index in [4.69, 9.17) is 4.74 Å². The van der Waals surface area contributed by atoms with Crippen molar-refractivity contribution in [1.29, 1.82) is 0 Å².